The monoisotopic (exact) mass is 351 g/mol. The van der Waals surface area contributed by atoms with Crippen LogP contribution in [0, 0.1) is 63.6 Å². The fourth-order valence-corrected chi connectivity index (χ4v) is 8.89. The van der Waals surface area contributed by atoms with Crippen LogP contribution in [-0.2, 0) is 4.79 Å². The zero-order valence-corrected chi connectivity index (χ0v) is 16.6. The van der Waals surface area contributed by atoms with Gasteiger partial charge in [0.1, 0.15) is 0 Å². The van der Waals surface area contributed by atoms with Crippen LogP contribution in [0.15, 0.2) is 11.6 Å². The van der Waals surface area contributed by atoms with Crippen molar-refractivity contribution in [3.63, 3.8) is 0 Å². The lowest BCUT2D eigenvalue weighted by atomic mass is 9.44. The third-order valence-corrected chi connectivity index (χ3v) is 9.96. The average molecular weight is 352 g/mol. The summed E-state index contributed by atoms with van der Waals surface area (Å²) in [5, 5.41) is 10.3. The molecule has 0 saturated heterocycles. The largest absolute Gasteiger partial charge is 0.295 e. The second kappa shape index (κ2) is 5.46. The Kier molecular flexibility index (Phi) is 3.58. The van der Waals surface area contributed by atoms with Gasteiger partial charge < -0.3 is 0 Å². The first-order chi connectivity index (χ1) is 12.5. The maximum atomic E-state index is 12.0. The molecule has 9 atom stereocenters. The van der Waals surface area contributed by atoms with Crippen LogP contribution in [0.5, 0.6) is 0 Å². The van der Waals surface area contributed by atoms with Crippen molar-refractivity contribution < 1.29 is 4.79 Å². The van der Waals surface area contributed by atoms with Crippen molar-refractivity contribution in [1.82, 2.24) is 0 Å². The van der Waals surface area contributed by atoms with Crippen molar-refractivity contribution in [2.45, 2.75) is 72.1 Å². The van der Waals surface area contributed by atoms with E-state index in [9.17, 15) is 10.1 Å². The molecule has 0 heterocycles. The van der Waals surface area contributed by atoms with Crippen LogP contribution in [0.2, 0.25) is 0 Å². The Morgan fingerprint density at radius 2 is 2.08 bits per heavy atom. The van der Waals surface area contributed by atoms with Crippen molar-refractivity contribution in [2.75, 3.05) is 0 Å². The molecule has 26 heavy (non-hydrogen) atoms. The molecular formula is C24H33NO. The number of ketones is 1. The molecule has 0 aromatic rings. The summed E-state index contributed by atoms with van der Waals surface area (Å²) in [5.74, 6) is 5.58. The van der Waals surface area contributed by atoms with E-state index in [1.54, 1.807) is 0 Å². The number of rotatable bonds is 2. The van der Waals surface area contributed by atoms with E-state index in [4.69, 9.17) is 0 Å². The second-order valence-electron chi connectivity index (χ2n) is 10.4. The third kappa shape index (κ3) is 1.86. The summed E-state index contributed by atoms with van der Waals surface area (Å²) in [6, 6.07) is 2.89. The van der Waals surface area contributed by atoms with Crippen molar-refractivity contribution in [3.05, 3.63) is 11.6 Å². The first-order valence-corrected chi connectivity index (χ1v) is 11.1. The van der Waals surface area contributed by atoms with Gasteiger partial charge in [-0.3, -0.25) is 4.79 Å². The van der Waals surface area contributed by atoms with Crippen molar-refractivity contribution in [3.8, 4) is 6.07 Å². The van der Waals surface area contributed by atoms with Gasteiger partial charge in [-0.25, -0.2) is 0 Å². The lowest BCUT2D eigenvalue weighted by Gasteiger charge is -2.59. The summed E-state index contributed by atoms with van der Waals surface area (Å²) >= 11 is 0. The molecule has 0 aromatic heterocycles. The zero-order chi connectivity index (χ0) is 18.3. The van der Waals surface area contributed by atoms with Gasteiger partial charge in [0, 0.05) is 6.42 Å². The highest BCUT2D eigenvalue weighted by molar-refractivity contribution is 5.91. The molecule has 140 valence electrons. The minimum Gasteiger partial charge on any atom is -0.295 e. The smallest absolute Gasteiger partial charge is 0.155 e. The summed E-state index contributed by atoms with van der Waals surface area (Å²) in [6.45, 7) is 7.12. The number of carbonyl (C=O) groups is 1. The van der Waals surface area contributed by atoms with Gasteiger partial charge in [-0.1, -0.05) is 32.8 Å². The number of fused-ring (bicyclic) bond motifs is 7. The summed E-state index contributed by atoms with van der Waals surface area (Å²) in [6.07, 6.45) is 11.1. The predicted octanol–water partition coefficient (Wildman–Crippen LogP) is 5.54. The summed E-state index contributed by atoms with van der Waals surface area (Å²) in [4.78, 5) is 12.0. The number of carbonyl (C=O) groups excluding carboxylic acids is 1. The minimum atomic E-state index is -0.0652. The van der Waals surface area contributed by atoms with E-state index in [1.807, 2.05) is 6.08 Å². The molecule has 0 bridgehead atoms. The Hall–Kier alpha value is -1.10. The van der Waals surface area contributed by atoms with Crippen molar-refractivity contribution in [2.24, 2.45) is 52.3 Å². The molecule has 0 radical (unpaired) electrons. The van der Waals surface area contributed by atoms with Gasteiger partial charge in [-0.2, -0.15) is 5.26 Å². The second-order valence-corrected chi connectivity index (χ2v) is 10.4. The molecule has 4 saturated carbocycles. The molecule has 0 spiro atoms. The lowest BCUT2D eigenvalue weighted by Crippen LogP contribution is -2.53. The van der Waals surface area contributed by atoms with Gasteiger partial charge in [0.25, 0.3) is 0 Å². The van der Waals surface area contributed by atoms with Crippen LogP contribution < -0.4 is 0 Å². The van der Waals surface area contributed by atoms with Gasteiger partial charge in [-0.15, -0.1) is 0 Å². The number of allylic oxidation sites excluding steroid dienone is 1. The molecule has 5 rings (SSSR count). The van der Waals surface area contributed by atoms with E-state index in [2.05, 4.69) is 26.8 Å². The molecule has 0 N–H and O–H groups in total. The molecule has 5 aliphatic rings. The van der Waals surface area contributed by atoms with Crippen LogP contribution in [0.4, 0.5) is 0 Å². The molecule has 5 aliphatic carbocycles. The highest BCUT2D eigenvalue weighted by Gasteiger charge is 2.76. The number of nitriles is 1. The van der Waals surface area contributed by atoms with Crippen LogP contribution in [0.3, 0.4) is 0 Å². The maximum Gasteiger partial charge on any atom is 0.155 e. The highest BCUT2D eigenvalue weighted by atomic mass is 16.1. The SMILES string of the molecule is CC[C@H]1CC2=CC(=O)CC[C@@H]2[C@H]2CC[C@@]3(C)[C@@H]([C@@H]4C[C@@H]4[C@@]3(C#N)CC)[C@H]12. The van der Waals surface area contributed by atoms with Gasteiger partial charge in [-0.05, 0) is 91.4 Å². The predicted molar refractivity (Wildman–Crippen MR) is 102 cm³/mol. The molecule has 0 aliphatic heterocycles. The third-order valence-electron chi connectivity index (χ3n) is 9.96. The van der Waals surface area contributed by atoms with E-state index in [0.717, 1.165) is 55.3 Å². The number of hydrogen-bond acceptors (Lipinski definition) is 2. The van der Waals surface area contributed by atoms with E-state index in [-0.39, 0.29) is 10.8 Å². The quantitative estimate of drug-likeness (QED) is 0.655. The fourth-order valence-electron chi connectivity index (χ4n) is 8.89. The molecular weight excluding hydrogens is 318 g/mol. The van der Waals surface area contributed by atoms with Crippen LogP contribution >= 0.6 is 0 Å². The molecule has 0 unspecified atom stereocenters. The van der Waals surface area contributed by atoms with Gasteiger partial charge in [0.15, 0.2) is 5.78 Å². The maximum absolute atomic E-state index is 12.0. The standard InChI is InChI=1S/C24H33NO/c1-4-14-10-15-11-16(26)6-7-17(15)18-8-9-23(3)22(21(14)18)19-12-20(19)24(23,5-2)13-25/h11,14,17-22H,4-10,12H2,1-3H3/t14-,17-,18+,19+,20-,21+,22-,23-,24-/m0/s1. The number of nitrogens with zero attached hydrogens (tertiary/aromatic N) is 1. The van der Waals surface area contributed by atoms with Gasteiger partial charge in [0.05, 0.1) is 11.5 Å². The van der Waals surface area contributed by atoms with Crippen LogP contribution in [0.25, 0.3) is 0 Å². The first kappa shape index (κ1) is 17.0. The first-order valence-electron chi connectivity index (χ1n) is 11.1. The Labute approximate surface area is 158 Å². The Morgan fingerprint density at radius 3 is 2.77 bits per heavy atom. The summed E-state index contributed by atoms with van der Waals surface area (Å²) < 4.78 is 0. The Balaban J connectivity index is 1.57. The lowest BCUT2D eigenvalue weighted by molar-refractivity contribution is -0.117. The Bertz CT molecular complexity index is 716. The van der Waals surface area contributed by atoms with E-state index < -0.39 is 0 Å². The molecule has 4 fully saturated rings. The summed E-state index contributed by atoms with van der Waals surface area (Å²) in [5.41, 5.74) is 1.65. The van der Waals surface area contributed by atoms with E-state index in [1.165, 1.54) is 31.3 Å². The highest BCUT2D eigenvalue weighted by Crippen LogP contribution is 2.80. The molecule has 2 heteroatoms. The molecule has 2 nitrogen and oxygen atoms in total. The topological polar surface area (TPSA) is 40.9 Å². The Morgan fingerprint density at radius 1 is 1.27 bits per heavy atom. The van der Waals surface area contributed by atoms with Crippen molar-refractivity contribution in [1.29, 1.82) is 5.26 Å². The zero-order valence-electron chi connectivity index (χ0n) is 16.6. The molecule has 0 amide bonds. The van der Waals surface area contributed by atoms with Gasteiger partial charge >= 0.3 is 0 Å². The van der Waals surface area contributed by atoms with E-state index >= 15 is 0 Å². The normalized spacial score (nSPS) is 54.3. The average Bonchev–Trinajstić information content (AvgIpc) is 3.38. The van der Waals surface area contributed by atoms with Gasteiger partial charge in [0.2, 0.25) is 0 Å². The fraction of sp³-hybridized carbons (Fsp3) is 0.833. The van der Waals surface area contributed by atoms with Crippen molar-refractivity contribution >= 4 is 5.78 Å². The summed E-state index contributed by atoms with van der Waals surface area (Å²) in [7, 11) is 0. The van der Waals surface area contributed by atoms with Crippen LogP contribution in [-0.4, -0.2) is 5.78 Å². The molecule has 0 aromatic carbocycles. The number of hydrogen-bond donors (Lipinski definition) is 0. The van der Waals surface area contributed by atoms with Crippen LogP contribution in [0.1, 0.15) is 72.1 Å². The minimum absolute atomic E-state index is 0.0652. The van der Waals surface area contributed by atoms with E-state index in [0.29, 0.717) is 17.6 Å².